The lowest BCUT2D eigenvalue weighted by molar-refractivity contribution is 0.348. The summed E-state index contributed by atoms with van der Waals surface area (Å²) in [5, 5.41) is -0.507. The molecule has 2 aliphatic heterocycles. The molecule has 0 unspecified atom stereocenters. The van der Waals surface area contributed by atoms with Crippen LogP contribution in [0.4, 0.5) is 0 Å². The van der Waals surface area contributed by atoms with Gasteiger partial charge in [-0.25, -0.2) is 21.1 Å². The van der Waals surface area contributed by atoms with Gasteiger partial charge < -0.3 is 0 Å². The molecule has 106 valence electrons. The van der Waals surface area contributed by atoms with Crippen molar-refractivity contribution in [3.8, 4) is 0 Å². The highest BCUT2D eigenvalue weighted by Crippen LogP contribution is 2.26. The molecule has 0 amide bonds. The Bertz CT molecular complexity index is 480. The number of alkyl halides is 1. The minimum atomic E-state index is -3.31. The van der Waals surface area contributed by atoms with Gasteiger partial charge in [0.2, 0.25) is 10.0 Å². The molecular formula is C10H18BrNO4S2. The van der Waals surface area contributed by atoms with Crippen molar-refractivity contribution in [2.24, 2.45) is 0 Å². The van der Waals surface area contributed by atoms with Gasteiger partial charge in [-0.3, -0.25) is 0 Å². The number of hydrogen-bond acceptors (Lipinski definition) is 4. The van der Waals surface area contributed by atoms with Crippen molar-refractivity contribution in [3.05, 3.63) is 0 Å². The zero-order valence-electron chi connectivity index (χ0n) is 10.1. The number of sulfone groups is 1. The van der Waals surface area contributed by atoms with E-state index in [-0.39, 0.29) is 24.3 Å². The van der Waals surface area contributed by atoms with E-state index in [4.69, 9.17) is 0 Å². The van der Waals surface area contributed by atoms with Crippen LogP contribution in [0, 0.1) is 0 Å². The van der Waals surface area contributed by atoms with Crippen molar-refractivity contribution < 1.29 is 16.8 Å². The molecule has 2 aliphatic rings. The van der Waals surface area contributed by atoms with Crippen molar-refractivity contribution in [2.75, 3.05) is 24.6 Å². The second kappa shape index (κ2) is 5.38. The lowest BCUT2D eigenvalue weighted by Gasteiger charge is -2.33. The molecule has 2 heterocycles. The predicted molar refractivity (Wildman–Crippen MR) is 74.1 cm³/mol. The maximum Gasteiger partial charge on any atom is 0.217 e. The Morgan fingerprint density at radius 3 is 2.00 bits per heavy atom. The van der Waals surface area contributed by atoms with Crippen LogP contribution in [0.3, 0.4) is 0 Å². The lowest BCUT2D eigenvalue weighted by atomic mass is 10.2. The molecule has 0 radical (unpaired) electrons. The molecular weight excluding hydrogens is 342 g/mol. The van der Waals surface area contributed by atoms with Crippen LogP contribution in [-0.2, 0) is 19.9 Å². The molecule has 2 fully saturated rings. The smallest absolute Gasteiger partial charge is 0.217 e. The van der Waals surface area contributed by atoms with Crippen LogP contribution in [0.2, 0.25) is 0 Å². The summed E-state index contributed by atoms with van der Waals surface area (Å²) in [6, 6.07) is 0. The Balaban J connectivity index is 2.03. The second-order valence-electron chi connectivity index (χ2n) is 4.97. The minimum absolute atomic E-state index is 0.00576. The van der Waals surface area contributed by atoms with Gasteiger partial charge in [0.1, 0.15) is 9.84 Å². The number of nitrogens with zero attached hydrogens (tertiary/aromatic N) is 1. The zero-order valence-corrected chi connectivity index (χ0v) is 13.3. The predicted octanol–water partition coefficient (Wildman–Crippen LogP) is 0.753. The third kappa shape index (κ3) is 3.26. The highest BCUT2D eigenvalue weighted by Gasteiger charge is 2.37. The SMILES string of the molecule is O=S1(=O)CCC(S(=O)(=O)N2CCC(Br)CC2)CC1. The number of halogens is 1. The number of rotatable bonds is 2. The molecule has 0 aromatic rings. The molecule has 0 bridgehead atoms. The van der Waals surface area contributed by atoms with E-state index in [0.29, 0.717) is 17.9 Å². The molecule has 0 aliphatic carbocycles. The normalized spacial score (nSPS) is 28.3. The van der Waals surface area contributed by atoms with E-state index in [2.05, 4.69) is 15.9 Å². The largest absolute Gasteiger partial charge is 0.229 e. The first-order chi connectivity index (χ1) is 8.31. The fourth-order valence-corrected chi connectivity index (χ4v) is 6.63. The van der Waals surface area contributed by atoms with Gasteiger partial charge in [-0.15, -0.1) is 0 Å². The summed E-state index contributed by atoms with van der Waals surface area (Å²) in [7, 11) is -6.32. The monoisotopic (exact) mass is 359 g/mol. The topological polar surface area (TPSA) is 71.5 Å². The Morgan fingerprint density at radius 2 is 1.50 bits per heavy atom. The van der Waals surface area contributed by atoms with Crippen LogP contribution in [-0.4, -0.2) is 55.8 Å². The van der Waals surface area contributed by atoms with Gasteiger partial charge in [0.15, 0.2) is 0 Å². The van der Waals surface area contributed by atoms with Crippen LogP contribution in [0.25, 0.3) is 0 Å². The molecule has 0 aromatic heterocycles. The van der Waals surface area contributed by atoms with Gasteiger partial charge in [-0.1, -0.05) is 15.9 Å². The Kier molecular flexibility index (Phi) is 4.40. The van der Waals surface area contributed by atoms with Crippen molar-refractivity contribution in [1.82, 2.24) is 4.31 Å². The Labute approximate surface area is 117 Å². The molecule has 0 aromatic carbocycles. The number of sulfonamides is 1. The average molecular weight is 360 g/mol. The van der Waals surface area contributed by atoms with Crippen molar-refractivity contribution in [2.45, 2.75) is 35.8 Å². The molecule has 0 saturated carbocycles. The quantitative estimate of drug-likeness (QED) is 0.682. The van der Waals surface area contributed by atoms with Crippen LogP contribution in [0.15, 0.2) is 0 Å². The molecule has 0 spiro atoms. The summed E-state index contributed by atoms with van der Waals surface area (Å²) in [5.41, 5.74) is 0. The third-order valence-electron chi connectivity index (χ3n) is 3.67. The van der Waals surface area contributed by atoms with Crippen molar-refractivity contribution in [3.63, 3.8) is 0 Å². The van der Waals surface area contributed by atoms with Crippen molar-refractivity contribution in [1.29, 1.82) is 0 Å². The standard InChI is InChI=1S/C10H18BrNO4S2/c11-9-1-5-12(6-2-9)18(15,16)10-3-7-17(13,14)8-4-10/h9-10H,1-8H2. The second-order valence-corrected chi connectivity index (χ2v) is 10.8. The Hall–Kier alpha value is 0.340. The van der Waals surface area contributed by atoms with Gasteiger partial charge in [0.05, 0.1) is 16.8 Å². The van der Waals surface area contributed by atoms with Crippen LogP contribution >= 0.6 is 15.9 Å². The molecule has 8 heteroatoms. The fourth-order valence-electron chi connectivity index (χ4n) is 2.46. The van der Waals surface area contributed by atoms with Gasteiger partial charge in [-0.2, -0.15) is 0 Å². The fraction of sp³-hybridized carbons (Fsp3) is 1.00. The maximum absolute atomic E-state index is 12.4. The third-order valence-corrected chi connectivity index (χ3v) is 8.70. The number of piperidine rings is 1. The molecule has 18 heavy (non-hydrogen) atoms. The van der Waals surface area contributed by atoms with E-state index in [1.54, 1.807) is 0 Å². The summed E-state index contributed by atoms with van der Waals surface area (Å²) in [4.78, 5) is 0.399. The summed E-state index contributed by atoms with van der Waals surface area (Å²) in [6.07, 6.45) is 2.15. The number of hydrogen-bond donors (Lipinski definition) is 0. The zero-order chi connectivity index (χ0) is 13.4. The molecule has 2 rings (SSSR count). The summed E-state index contributed by atoms with van der Waals surface area (Å²) in [5.74, 6) is 0.0115. The van der Waals surface area contributed by atoms with E-state index in [9.17, 15) is 16.8 Å². The molecule has 2 saturated heterocycles. The molecule has 0 atom stereocenters. The van der Waals surface area contributed by atoms with Crippen LogP contribution < -0.4 is 0 Å². The van der Waals surface area contributed by atoms with Gasteiger partial charge in [0.25, 0.3) is 0 Å². The van der Waals surface area contributed by atoms with Crippen molar-refractivity contribution >= 4 is 35.8 Å². The first-order valence-corrected chi connectivity index (χ1v) is 10.4. The average Bonchev–Trinajstić information content (AvgIpc) is 2.29. The molecule has 5 nitrogen and oxygen atoms in total. The summed E-state index contributed by atoms with van der Waals surface area (Å²) in [6.45, 7) is 1.09. The van der Waals surface area contributed by atoms with E-state index in [0.717, 1.165) is 12.8 Å². The van der Waals surface area contributed by atoms with Crippen LogP contribution in [0.1, 0.15) is 25.7 Å². The van der Waals surface area contributed by atoms with Gasteiger partial charge in [0, 0.05) is 17.9 Å². The molecule has 0 N–H and O–H groups in total. The summed E-state index contributed by atoms with van der Waals surface area (Å²) >= 11 is 3.49. The van der Waals surface area contributed by atoms with Crippen LogP contribution in [0.5, 0.6) is 0 Å². The van der Waals surface area contributed by atoms with Gasteiger partial charge >= 0.3 is 0 Å². The van der Waals surface area contributed by atoms with E-state index < -0.39 is 25.1 Å². The maximum atomic E-state index is 12.4. The van der Waals surface area contributed by atoms with E-state index in [1.807, 2.05) is 0 Å². The van der Waals surface area contributed by atoms with E-state index >= 15 is 0 Å². The van der Waals surface area contributed by atoms with E-state index in [1.165, 1.54) is 4.31 Å². The first kappa shape index (κ1) is 14.7. The summed E-state index contributed by atoms with van der Waals surface area (Å²) < 4.78 is 48.9. The highest BCUT2D eigenvalue weighted by atomic mass is 79.9. The minimum Gasteiger partial charge on any atom is -0.229 e. The Morgan fingerprint density at radius 1 is 1.00 bits per heavy atom. The van der Waals surface area contributed by atoms with Gasteiger partial charge in [-0.05, 0) is 25.7 Å². The lowest BCUT2D eigenvalue weighted by Crippen LogP contribution is -2.46. The first-order valence-electron chi connectivity index (χ1n) is 6.15. The highest BCUT2D eigenvalue weighted by molar-refractivity contribution is 9.09.